The van der Waals surface area contributed by atoms with Gasteiger partial charge in [-0.15, -0.1) is 0 Å². The smallest absolute Gasteiger partial charge is 0.122 e. The Hall–Kier alpha value is -0.780. The Labute approximate surface area is 99.0 Å². The van der Waals surface area contributed by atoms with E-state index in [0.29, 0.717) is 0 Å². The number of rotatable bonds is 0. The minimum Gasteiger partial charge on any atom is -0.359 e. The first kappa shape index (κ1) is 10.7. The van der Waals surface area contributed by atoms with Crippen molar-refractivity contribution in [1.82, 2.24) is 0 Å². The van der Waals surface area contributed by atoms with Crippen LogP contribution < -0.4 is 0 Å². The third kappa shape index (κ3) is 2.84. The highest BCUT2D eigenvalue weighted by Gasteiger charge is 2.35. The molecule has 0 aromatic heterocycles. The maximum absolute atomic E-state index is 5.59. The molecule has 0 saturated carbocycles. The van der Waals surface area contributed by atoms with E-state index < -0.39 is 0 Å². The lowest BCUT2D eigenvalue weighted by atomic mass is 9.93. The Kier molecular flexibility index (Phi) is 2.86. The fourth-order valence-electron chi connectivity index (χ4n) is 1.60. The molecule has 78 valence electrons. The van der Waals surface area contributed by atoms with Crippen molar-refractivity contribution >= 4 is 15.9 Å². The van der Waals surface area contributed by atoms with E-state index in [2.05, 4.69) is 41.6 Å². The molecule has 1 aliphatic heterocycles. The molecule has 1 aliphatic rings. The van der Waals surface area contributed by atoms with Gasteiger partial charge in [-0.05, 0) is 38.1 Å². The second kappa shape index (κ2) is 4.00. The van der Waals surface area contributed by atoms with Gasteiger partial charge in [-0.2, -0.15) is 0 Å². The summed E-state index contributed by atoms with van der Waals surface area (Å²) in [5.41, 5.74) is 1.06. The molecule has 1 fully saturated rings. The third-order valence-electron chi connectivity index (χ3n) is 2.36. The van der Waals surface area contributed by atoms with Crippen LogP contribution in [-0.2, 0) is 4.74 Å². The van der Waals surface area contributed by atoms with Crippen LogP contribution in [0.1, 0.15) is 25.8 Å². The van der Waals surface area contributed by atoms with Crippen LogP contribution in [0.15, 0.2) is 28.7 Å². The van der Waals surface area contributed by atoms with Crippen molar-refractivity contribution in [3.63, 3.8) is 0 Å². The van der Waals surface area contributed by atoms with Gasteiger partial charge in [-0.3, -0.25) is 0 Å². The van der Waals surface area contributed by atoms with Gasteiger partial charge in [-0.1, -0.05) is 27.8 Å². The summed E-state index contributed by atoms with van der Waals surface area (Å²) in [5.74, 6) is 6.24. The molecule has 1 unspecified atom stereocenters. The van der Waals surface area contributed by atoms with Crippen molar-refractivity contribution in [3.05, 3.63) is 34.3 Å². The fraction of sp³-hybridized carbons (Fsp3) is 0.385. The van der Waals surface area contributed by atoms with E-state index in [4.69, 9.17) is 4.74 Å². The molecule has 0 radical (unpaired) electrons. The molecule has 1 aromatic rings. The zero-order valence-corrected chi connectivity index (χ0v) is 10.5. The number of ether oxygens (including phenoxy) is 1. The van der Waals surface area contributed by atoms with Gasteiger partial charge in [-0.25, -0.2) is 0 Å². The molecule has 0 N–H and O–H groups in total. The van der Waals surface area contributed by atoms with Gasteiger partial charge in [0, 0.05) is 16.5 Å². The number of hydrogen-bond acceptors (Lipinski definition) is 1. The van der Waals surface area contributed by atoms with Crippen LogP contribution in [0.25, 0.3) is 0 Å². The largest absolute Gasteiger partial charge is 0.359 e. The summed E-state index contributed by atoms with van der Waals surface area (Å²) in [7, 11) is 0. The summed E-state index contributed by atoms with van der Waals surface area (Å²) in [6, 6.07) is 7.99. The average Bonchev–Trinajstić information content (AvgIpc) is 2.14. The number of halogens is 1. The molecule has 15 heavy (non-hydrogen) atoms. The normalized spacial score (nSPS) is 22.5. The lowest BCUT2D eigenvalue weighted by molar-refractivity contribution is -0.156. The highest BCUT2D eigenvalue weighted by atomic mass is 79.9. The van der Waals surface area contributed by atoms with Gasteiger partial charge < -0.3 is 4.74 Å². The first-order valence-corrected chi connectivity index (χ1v) is 5.79. The molecular weight excluding hydrogens is 252 g/mol. The van der Waals surface area contributed by atoms with Crippen molar-refractivity contribution < 1.29 is 4.74 Å². The summed E-state index contributed by atoms with van der Waals surface area (Å²) in [6.45, 7) is 4.18. The maximum atomic E-state index is 5.59. The summed E-state index contributed by atoms with van der Waals surface area (Å²) < 4.78 is 6.67. The minimum absolute atomic E-state index is 0.0268. The second-order valence-electron chi connectivity index (χ2n) is 4.35. The van der Waals surface area contributed by atoms with Crippen LogP contribution >= 0.6 is 15.9 Å². The molecule has 2 rings (SSSR count). The zero-order valence-electron chi connectivity index (χ0n) is 8.88. The second-order valence-corrected chi connectivity index (χ2v) is 5.26. The van der Waals surface area contributed by atoms with Crippen molar-refractivity contribution in [2.45, 2.75) is 32.0 Å². The van der Waals surface area contributed by atoms with Crippen LogP contribution in [0.2, 0.25) is 0 Å². The van der Waals surface area contributed by atoms with Crippen LogP contribution in [0.5, 0.6) is 0 Å². The Balaban J connectivity index is 1.98. The zero-order chi connectivity index (χ0) is 10.9. The molecule has 1 saturated heterocycles. The first-order valence-electron chi connectivity index (χ1n) is 5.00. The summed E-state index contributed by atoms with van der Waals surface area (Å²) in [5, 5.41) is 0. The highest BCUT2D eigenvalue weighted by molar-refractivity contribution is 9.10. The van der Waals surface area contributed by atoms with Crippen molar-refractivity contribution in [3.8, 4) is 11.8 Å². The molecule has 1 heterocycles. The molecule has 1 nitrogen and oxygen atoms in total. The van der Waals surface area contributed by atoms with Gasteiger partial charge in [0.2, 0.25) is 0 Å². The standard InChI is InChI=1S/C13H13BrO/c1-13(2)9-12(15-13)8-5-10-3-6-11(14)7-4-10/h3-4,6-7,12H,9H2,1-2H3. The Morgan fingerprint density at radius 3 is 2.47 bits per heavy atom. The average molecular weight is 265 g/mol. The van der Waals surface area contributed by atoms with E-state index in [1.165, 1.54) is 0 Å². The van der Waals surface area contributed by atoms with E-state index in [1.807, 2.05) is 24.3 Å². The summed E-state index contributed by atoms with van der Waals surface area (Å²) in [6.07, 6.45) is 1.14. The van der Waals surface area contributed by atoms with Gasteiger partial charge in [0.05, 0.1) is 5.60 Å². The molecule has 2 heteroatoms. The number of hydrogen-bond donors (Lipinski definition) is 0. The van der Waals surface area contributed by atoms with E-state index in [0.717, 1.165) is 16.5 Å². The van der Waals surface area contributed by atoms with Crippen LogP contribution in [0.4, 0.5) is 0 Å². The van der Waals surface area contributed by atoms with E-state index >= 15 is 0 Å². The van der Waals surface area contributed by atoms with Crippen molar-refractivity contribution in [1.29, 1.82) is 0 Å². The molecule has 0 aliphatic carbocycles. The first-order chi connectivity index (χ1) is 7.05. The SMILES string of the molecule is CC1(C)CC(C#Cc2ccc(Br)cc2)O1. The van der Waals surface area contributed by atoms with Crippen LogP contribution in [0.3, 0.4) is 0 Å². The van der Waals surface area contributed by atoms with Crippen molar-refractivity contribution in [2.24, 2.45) is 0 Å². The summed E-state index contributed by atoms with van der Waals surface area (Å²) in [4.78, 5) is 0. The minimum atomic E-state index is 0.0268. The van der Waals surface area contributed by atoms with Gasteiger partial charge >= 0.3 is 0 Å². The van der Waals surface area contributed by atoms with Gasteiger partial charge in [0.15, 0.2) is 0 Å². The van der Waals surface area contributed by atoms with E-state index in [1.54, 1.807) is 0 Å². The third-order valence-corrected chi connectivity index (χ3v) is 2.89. The fourth-order valence-corrected chi connectivity index (χ4v) is 1.86. The van der Waals surface area contributed by atoms with Crippen LogP contribution in [-0.4, -0.2) is 11.7 Å². The molecule has 1 atom stereocenters. The molecule has 1 aromatic carbocycles. The van der Waals surface area contributed by atoms with Crippen molar-refractivity contribution in [2.75, 3.05) is 0 Å². The van der Waals surface area contributed by atoms with E-state index in [9.17, 15) is 0 Å². The van der Waals surface area contributed by atoms with Crippen LogP contribution in [0, 0.1) is 11.8 Å². The van der Waals surface area contributed by atoms with Gasteiger partial charge in [0.1, 0.15) is 6.10 Å². The quantitative estimate of drug-likeness (QED) is 0.653. The Bertz CT molecular complexity index is 400. The lowest BCUT2D eigenvalue weighted by Gasteiger charge is -2.40. The molecule has 0 spiro atoms. The monoisotopic (exact) mass is 264 g/mol. The maximum Gasteiger partial charge on any atom is 0.122 e. The number of benzene rings is 1. The summed E-state index contributed by atoms with van der Waals surface area (Å²) >= 11 is 3.39. The molecular formula is C13H13BrO. The molecule has 0 bridgehead atoms. The lowest BCUT2D eigenvalue weighted by Crippen LogP contribution is -2.44. The Morgan fingerprint density at radius 1 is 1.33 bits per heavy atom. The predicted molar refractivity (Wildman–Crippen MR) is 64.6 cm³/mol. The van der Waals surface area contributed by atoms with Gasteiger partial charge in [0.25, 0.3) is 0 Å². The highest BCUT2D eigenvalue weighted by Crippen LogP contribution is 2.30. The predicted octanol–water partition coefficient (Wildman–Crippen LogP) is 3.37. The topological polar surface area (TPSA) is 9.23 Å². The Morgan fingerprint density at radius 2 is 1.93 bits per heavy atom. The van der Waals surface area contributed by atoms with E-state index in [-0.39, 0.29) is 11.7 Å². The molecule has 0 amide bonds.